The van der Waals surface area contributed by atoms with Crippen LogP contribution in [0.25, 0.3) is 15.5 Å². The van der Waals surface area contributed by atoms with Gasteiger partial charge in [0.15, 0.2) is 5.82 Å². The van der Waals surface area contributed by atoms with E-state index in [2.05, 4.69) is 63.6 Å². The second-order valence-corrected chi connectivity index (χ2v) is 7.10. The first-order valence-electron chi connectivity index (χ1n) is 8.23. The van der Waals surface area contributed by atoms with Gasteiger partial charge in [-0.3, -0.25) is 0 Å². The first-order chi connectivity index (χ1) is 12.2. The molecule has 0 radical (unpaired) electrons. The first kappa shape index (κ1) is 18.4. The van der Waals surface area contributed by atoms with Gasteiger partial charge in [0.1, 0.15) is 5.01 Å². The quantitative estimate of drug-likeness (QED) is 0.518. The molecule has 0 fully saturated rings. The van der Waals surface area contributed by atoms with Crippen molar-refractivity contribution in [3.05, 3.63) is 66.0 Å². The van der Waals surface area contributed by atoms with Gasteiger partial charge in [-0.15, -0.1) is 22.6 Å². The maximum atomic E-state index is 4.73. The van der Waals surface area contributed by atoms with Gasteiger partial charge < -0.3 is 4.90 Å². The van der Waals surface area contributed by atoms with Crippen molar-refractivity contribution >= 4 is 34.4 Å². The van der Waals surface area contributed by atoms with Gasteiger partial charge >= 0.3 is 0 Å². The van der Waals surface area contributed by atoms with E-state index in [4.69, 9.17) is 5.10 Å². The van der Waals surface area contributed by atoms with Gasteiger partial charge in [-0.2, -0.15) is 9.61 Å². The minimum Gasteiger partial charge on any atom is -0.378 e. The molecule has 0 aliphatic rings. The van der Waals surface area contributed by atoms with Crippen molar-refractivity contribution in [3.8, 4) is 10.6 Å². The van der Waals surface area contributed by atoms with Gasteiger partial charge in [-0.05, 0) is 36.2 Å². The molecule has 0 unspecified atom stereocenters. The van der Waals surface area contributed by atoms with Crippen LogP contribution in [0.2, 0.25) is 0 Å². The Bertz CT molecular complexity index is 976. The van der Waals surface area contributed by atoms with E-state index in [9.17, 15) is 0 Å². The summed E-state index contributed by atoms with van der Waals surface area (Å²) in [4.78, 5) is 2.93. The van der Waals surface area contributed by atoms with Crippen LogP contribution < -0.4 is 4.90 Å². The molecule has 0 spiro atoms. The average molecular weight is 386 g/mol. The lowest BCUT2D eigenvalue weighted by molar-refractivity contribution is 0.793. The smallest absolute Gasteiger partial charge is 0.234 e. The molecule has 4 aromatic rings. The molecule has 2 heterocycles. The molecule has 134 valence electrons. The third-order valence-corrected chi connectivity index (χ3v) is 5.11. The third-order valence-electron chi connectivity index (χ3n) is 4.17. The summed E-state index contributed by atoms with van der Waals surface area (Å²) in [5.41, 5.74) is 3.58. The fourth-order valence-corrected chi connectivity index (χ4v) is 3.60. The molecule has 0 saturated heterocycles. The Morgan fingerprint density at radius 3 is 2.35 bits per heavy atom. The van der Waals surface area contributed by atoms with Crippen molar-refractivity contribution in [1.29, 1.82) is 0 Å². The van der Waals surface area contributed by atoms with Gasteiger partial charge in [-0.25, -0.2) is 0 Å². The standard InChI is InChI=1S/C19H19N5S.ClH/c1-23(2)16-11-9-15(10-12-16)18-22-24-17(20-21-19(24)25-18)13-8-14-6-4-3-5-7-14;/h3-7,9-12H,8,13H2,1-2H3;1H. The molecule has 0 N–H and O–H groups in total. The second-order valence-electron chi connectivity index (χ2n) is 6.14. The molecule has 2 aromatic heterocycles. The Labute approximate surface area is 162 Å². The molecular weight excluding hydrogens is 366 g/mol. The van der Waals surface area contributed by atoms with Gasteiger partial charge in [0.2, 0.25) is 4.96 Å². The zero-order valence-corrected chi connectivity index (χ0v) is 16.3. The molecule has 4 rings (SSSR count). The van der Waals surface area contributed by atoms with Crippen LogP contribution in [0.15, 0.2) is 54.6 Å². The van der Waals surface area contributed by atoms with Crippen molar-refractivity contribution in [3.63, 3.8) is 0 Å². The predicted molar refractivity (Wildman–Crippen MR) is 110 cm³/mol. The molecule has 26 heavy (non-hydrogen) atoms. The van der Waals surface area contributed by atoms with E-state index in [1.165, 1.54) is 11.3 Å². The van der Waals surface area contributed by atoms with E-state index < -0.39 is 0 Å². The number of fused-ring (bicyclic) bond motifs is 1. The summed E-state index contributed by atoms with van der Waals surface area (Å²) in [6.45, 7) is 0. The van der Waals surface area contributed by atoms with Gasteiger partial charge in [0.25, 0.3) is 0 Å². The zero-order valence-electron chi connectivity index (χ0n) is 14.7. The number of anilines is 1. The van der Waals surface area contributed by atoms with Crippen LogP contribution in [-0.2, 0) is 12.8 Å². The van der Waals surface area contributed by atoms with Gasteiger partial charge in [0.05, 0.1) is 0 Å². The molecule has 0 aliphatic heterocycles. The van der Waals surface area contributed by atoms with E-state index in [1.807, 2.05) is 24.7 Å². The largest absolute Gasteiger partial charge is 0.378 e. The number of halogens is 1. The zero-order chi connectivity index (χ0) is 17.2. The summed E-state index contributed by atoms with van der Waals surface area (Å²) in [7, 11) is 4.08. The summed E-state index contributed by atoms with van der Waals surface area (Å²) in [6, 6.07) is 18.8. The Morgan fingerprint density at radius 1 is 0.923 bits per heavy atom. The number of aromatic nitrogens is 4. The molecule has 0 aliphatic carbocycles. The van der Waals surface area contributed by atoms with Crippen molar-refractivity contribution < 1.29 is 0 Å². The highest BCUT2D eigenvalue weighted by atomic mass is 35.5. The normalized spacial score (nSPS) is 10.7. The van der Waals surface area contributed by atoms with E-state index in [0.29, 0.717) is 0 Å². The van der Waals surface area contributed by atoms with E-state index in [-0.39, 0.29) is 12.4 Å². The van der Waals surface area contributed by atoms with Crippen LogP contribution in [-0.4, -0.2) is 33.9 Å². The van der Waals surface area contributed by atoms with Crippen LogP contribution >= 0.6 is 23.7 Å². The number of hydrogen-bond donors (Lipinski definition) is 0. The Morgan fingerprint density at radius 2 is 1.65 bits per heavy atom. The molecule has 0 saturated carbocycles. The van der Waals surface area contributed by atoms with Crippen LogP contribution in [0.3, 0.4) is 0 Å². The summed E-state index contributed by atoms with van der Waals surface area (Å²) in [5.74, 6) is 0.909. The Balaban J connectivity index is 0.00000196. The molecule has 7 heteroatoms. The maximum absolute atomic E-state index is 4.73. The summed E-state index contributed by atoms with van der Waals surface area (Å²) in [6.07, 6.45) is 1.76. The lowest BCUT2D eigenvalue weighted by atomic mass is 10.1. The predicted octanol–water partition coefficient (Wildman–Crippen LogP) is 4.13. The Kier molecular flexibility index (Phi) is 5.54. The Hall–Kier alpha value is -2.44. The monoisotopic (exact) mass is 385 g/mol. The summed E-state index contributed by atoms with van der Waals surface area (Å²) >= 11 is 1.57. The number of nitrogens with zero attached hydrogens (tertiary/aromatic N) is 5. The fraction of sp³-hybridized carbons (Fsp3) is 0.211. The molecule has 2 aromatic carbocycles. The number of aryl methyl sites for hydroxylation is 2. The summed E-state index contributed by atoms with van der Waals surface area (Å²) in [5, 5.41) is 14.3. The molecular formula is C19H20ClN5S. The van der Waals surface area contributed by atoms with Gasteiger partial charge in [-0.1, -0.05) is 41.7 Å². The van der Waals surface area contributed by atoms with Crippen molar-refractivity contribution in [1.82, 2.24) is 19.8 Å². The van der Waals surface area contributed by atoms with Crippen LogP contribution in [0.5, 0.6) is 0 Å². The number of benzene rings is 2. The molecule has 5 nitrogen and oxygen atoms in total. The number of hydrogen-bond acceptors (Lipinski definition) is 5. The summed E-state index contributed by atoms with van der Waals surface area (Å²) < 4.78 is 1.88. The van der Waals surface area contributed by atoms with E-state index in [0.717, 1.165) is 34.2 Å². The lowest BCUT2D eigenvalue weighted by Crippen LogP contribution is -2.07. The minimum atomic E-state index is 0. The molecule has 0 amide bonds. The fourth-order valence-electron chi connectivity index (χ4n) is 2.73. The van der Waals surface area contributed by atoms with Crippen molar-refractivity contribution in [2.45, 2.75) is 12.8 Å². The topological polar surface area (TPSA) is 46.3 Å². The lowest BCUT2D eigenvalue weighted by Gasteiger charge is -2.11. The van der Waals surface area contributed by atoms with E-state index in [1.54, 1.807) is 11.3 Å². The van der Waals surface area contributed by atoms with Crippen LogP contribution in [0.4, 0.5) is 5.69 Å². The third kappa shape index (κ3) is 3.71. The molecule has 0 bridgehead atoms. The highest BCUT2D eigenvalue weighted by Crippen LogP contribution is 2.27. The van der Waals surface area contributed by atoms with Gasteiger partial charge in [0, 0.05) is 31.8 Å². The maximum Gasteiger partial charge on any atom is 0.234 e. The highest BCUT2D eigenvalue weighted by molar-refractivity contribution is 7.19. The SMILES string of the molecule is CN(C)c1ccc(-c2nn3c(CCc4ccccc4)nnc3s2)cc1.Cl. The minimum absolute atomic E-state index is 0. The van der Waals surface area contributed by atoms with Crippen molar-refractivity contribution in [2.24, 2.45) is 0 Å². The van der Waals surface area contributed by atoms with Crippen LogP contribution in [0.1, 0.15) is 11.4 Å². The van der Waals surface area contributed by atoms with Crippen molar-refractivity contribution in [2.75, 3.05) is 19.0 Å². The second kappa shape index (κ2) is 7.85. The molecule has 0 atom stereocenters. The average Bonchev–Trinajstić information content (AvgIpc) is 3.22. The van der Waals surface area contributed by atoms with Crippen LogP contribution in [0, 0.1) is 0 Å². The number of rotatable bonds is 5. The van der Waals surface area contributed by atoms with E-state index >= 15 is 0 Å². The highest BCUT2D eigenvalue weighted by Gasteiger charge is 2.13. The first-order valence-corrected chi connectivity index (χ1v) is 9.05.